The molecular weight excluding hydrogens is 468 g/mol. The van der Waals surface area contributed by atoms with E-state index in [0.717, 1.165) is 22.6 Å². The molecule has 188 valence electrons. The van der Waals surface area contributed by atoms with E-state index in [1.54, 1.807) is 30.6 Å². The summed E-state index contributed by atoms with van der Waals surface area (Å²) in [6.45, 7) is 9.04. The fraction of sp³-hybridized carbons (Fsp3) is 0.179. The van der Waals surface area contributed by atoms with Gasteiger partial charge in [0.25, 0.3) is 5.56 Å². The second-order valence-electron chi connectivity index (χ2n) is 8.96. The smallest absolute Gasteiger partial charge is 0.256 e. The predicted molar refractivity (Wildman–Crippen MR) is 146 cm³/mol. The summed E-state index contributed by atoms with van der Waals surface area (Å²) >= 11 is 0. The van der Waals surface area contributed by atoms with Gasteiger partial charge in [-0.05, 0) is 66.4 Å². The highest BCUT2D eigenvalue weighted by Gasteiger charge is 2.23. The zero-order valence-corrected chi connectivity index (χ0v) is 20.8. The van der Waals surface area contributed by atoms with E-state index in [1.807, 2.05) is 51.1 Å². The van der Waals surface area contributed by atoms with Gasteiger partial charge in [-0.2, -0.15) is 0 Å². The molecule has 4 rings (SSSR count). The number of anilines is 3. The Bertz CT molecular complexity index is 1540. The zero-order valence-electron chi connectivity index (χ0n) is 20.8. The van der Waals surface area contributed by atoms with Crippen molar-refractivity contribution in [2.45, 2.75) is 26.8 Å². The molecule has 2 heterocycles. The van der Waals surface area contributed by atoms with Crippen molar-refractivity contribution in [2.75, 3.05) is 10.6 Å². The Labute approximate surface area is 214 Å². The molecule has 0 aliphatic rings. The lowest BCUT2D eigenvalue weighted by Crippen LogP contribution is -2.46. The van der Waals surface area contributed by atoms with Gasteiger partial charge >= 0.3 is 0 Å². The Morgan fingerprint density at radius 2 is 1.86 bits per heavy atom. The zero-order chi connectivity index (χ0) is 26.5. The van der Waals surface area contributed by atoms with Gasteiger partial charge < -0.3 is 20.9 Å². The number of benzene rings is 2. The molecular formula is C28H28N6O3. The number of hydrogen-bond donors (Lipinski definition) is 4. The number of H-pyrrole nitrogens is 1. The molecule has 0 fully saturated rings. The number of carbonyl (C=O) groups is 2. The number of fused-ring (bicyclic) bond motifs is 1. The lowest BCUT2D eigenvalue weighted by Gasteiger charge is -2.21. The van der Waals surface area contributed by atoms with Crippen LogP contribution in [0.25, 0.3) is 22.0 Å². The second-order valence-corrected chi connectivity index (χ2v) is 8.96. The van der Waals surface area contributed by atoms with Gasteiger partial charge in [0.15, 0.2) is 0 Å². The normalized spacial score (nSPS) is 11.7. The number of pyridine rings is 1. The molecule has 9 heteroatoms. The van der Waals surface area contributed by atoms with Gasteiger partial charge in [0.05, 0.1) is 5.52 Å². The minimum Gasteiger partial charge on any atom is -0.340 e. The van der Waals surface area contributed by atoms with Crippen molar-refractivity contribution in [2.24, 2.45) is 5.92 Å². The van der Waals surface area contributed by atoms with E-state index in [2.05, 4.69) is 37.5 Å². The van der Waals surface area contributed by atoms with Crippen LogP contribution in [0.2, 0.25) is 0 Å². The van der Waals surface area contributed by atoms with E-state index in [0.29, 0.717) is 28.4 Å². The van der Waals surface area contributed by atoms with Crippen molar-refractivity contribution < 1.29 is 9.59 Å². The first-order valence-corrected chi connectivity index (χ1v) is 11.8. The number of hydrogen-bond acceptors (Lipinski definition) is 6. The summed E-state index contributed by atoms with van der Waals surface area (Å²) in [6, 6.07) is 13.9. The van der Waals surface area contributed by atoms with Crippen molar-refractivity contribution in [3.05, 3.63) is 89.5 Å². The lowest BCUT2D eigenvalue weighted by atomic mass is 10.0. The maximum Gasteiger partial charge on any atom is 0.256 e. The number of aromatic amines is 1. The maximum atomic E-state index is 12.8. The van der Waals surface area contributed by atoms with Crippen LogP contribution in [0, 0.1) is 12.8 Å². The van der Waals surface area contributed by atoms with Crippen molar-refractivity contribution >= 4 is 40.0 Å². The van der Waals surface area contributed by atoms with Crippen LogP contribution in [0.15, 0.2) is 78.4 Å². The summed E-state index contributed by atoms with van der Waals surface area (Å²) < 4.78 is 0. The first kappa shape index (κ1) is 25.3. The van der Waals surface area contributed by atoms with Gasteiger partial charge in [-0.25, -0.2) is 9.97 Å². The summed E-state index contributed by atoms with van der Waals surface area (Å²) in [5.41, 5.74) is 4.11. The van der Waals surface area contributed by atoms with Gasteiger partial charge in [0.2, 0.25) is 17.8 Å². The third-order valence-electron chi connectivity index (χ3n) is 5.86. The molecule has 0 saturated heterocycles. The quantitative estimate of drug-likeness (QED) is 0.269. The first-order chi connectivity index (χ1) is 17.7. The number of aryl methyl sites for hydroxylation is 1. The summed E-state index contributed by atoms with van der Waals surface area (Å²) in [4.78, 5) is 48.5. The summed E-state index contributed by atoms with van der Waals surface area (Å²) in [5, 5.41) is 9.45. The molecule has 9 nitrogen and oxygen atoms in total. The van der Waals surface area contributed by atoms with E-state index in [4.69, 9.17) is 0 Å². The molecule has 2 amide bonds. The number of amides is 2. The first-order valence-electron chi connectivity index (χ1n) is 11.8. The molecule has 4 aromatic rings. The highest BCUT2D eigenvalue weighted by Crippen LogP contribution is 2.25. The SMILES string of the molecule is C=CC(=O)N[C@H](C(=O)Nc1cccc(Nc2ncc3cc(-c4c(C)cc[nH]c4=O)ccc3n2)c1)C(C)C. The van der Waals surface area contributed by atoms with Crippen LogP contribution >= 0.6 is 0 Å². The highest BCUT2D eigenvalue weighted by molar-refractivity contribution is 5.99. The number of aromatic nitrogens is 3. The maximum absolute atomic E-state index is 12.8. The molecule has 0 saturated carbocycles. The van der Waals surface area contributed by atoms with E-state index < -0.39 is 11.9 Å². The number of rotatable bonds is 8. The van der Waals surface area contributed by atoms with Crippen LogP contribution < -0.4 is 21.5 Å². The monoisotopic (exact) mass is 496 g/mol. The molecule has 0 radical (unpaired) electrons. The van der Waals surface area contributed by atoms with Gasteiger partial charge in [-0.15, -0.1) is 0 Å². The van der Waals surface area contributed by atoms with E-state index >= 15 is 0 Å². The van der Waals surface area contributed by atoms with Gasteiger partial charge in [0.1, 0.15) is 6.04 Å². The topological polar surface area (TPSA) is 129 Å². The predicted octanol–water partition coefficient (Wildman–Crippen LogP) is 4.30. The molecule has 0 aliphatic carbocycles. The van der Waals surface area contributed by atoms with E-state index in [-0.39, 0.29) is 17.4 Å². The summed E-state index contributed by atoms with van der Waals surface area (Å²) in [6.07, 6.45) is 4.47. The van der Waals surface area contributed by atoms with Crippen LogP contribution in [-0.2, 0) is 9.59 Å². The van der Waals surface area contributed by atoms with Crippen LogP contribution in [0.5, 0.6) is 0 Å². The molecule has 1 atom stereocenters. The van der Waals surface area contributed by atoms with Crippen LogP contribution in [0.3, 0.4) is 0 Å². The van der Waals surface area contributed by atoms with Crippen molar-refractivity contribution in [3.8, 4) is 11.1 Å². The minimum atomic E-state index is -0.703. The molecule has 0 bridgehead atoms. The average molecular weight is 497 g/mol. The van der Waals surface area contributed by atoms with Crippen molar-refractivity contribution in [3.63, 3.8) is 0 Å². The van der Waals surface area contributed by atoms with E-state index in [1.165, 1.54) is 0 Å². The molecule has 2 aromatic heterocycles. The largest absolute Gasteiger partial charge is 0.340 e. The molecule has 0 spiro atoms. The molecule has 37 heavy (non-hydrogen) atoms. The van der Waals surface area contributed by atoms with Crippen molar-refractivity contribution in [1.29, 1.82) is 0 Å². The standard InChI is InChI=1S/C28H28N6O3/c1-5-23(35)34-25(16(2)3)27(37)31-20-7-6-8-21(14-20)32-28-30-15-19-13-18(9-10-22(19)33-28)24-17(4)11-12-29-26(24)36/h5-16,25H,1H2,2-4H3,(H,29,36)(H,31,37)(H,34,35)(H,30,32,33)/t25-/m0/s1. The summed E-state index contributed by atoms with van der Waals surface area (Å²) in [7, 11) is 0. The number of nitrogens with zero attached hydrogens (tertiary/aromatic N) is 2. The van der Waals surface area contributed by atoms with Crippen LogP contribution in [0.4, 0.5) is 17.3 Å². The third-order valence-corrected chi connectivity index (χ3v) is 5.86. The van der Waals surface area contributed by atoms with Crippen LogP contribution in [0.1, 0.15) is 19.4 Å². The van der Waals surface area contributed by atoms with Gasteiger partial charge in [-0.1, -0.05) is 32.6 Å². The molecule has 0 unspecified atom stereocenters. The molecule has 2 aromatic carbocycles. The number of nitrogens with one attached hydrogen (secondary N) is 4. The van der Waals surface area contributed by atoms with Gasteiger partial charge in [-0.3, -0.25) is 14.4 Å². The van der Waals surface area contributed by atoms with Crippen molar-refractivity contribution in [1.82, 2.24) is 20.3 Å². The Morgan fingerprint density at radius 1 is 1.08 bits per heavy atom. The molecule has 0 aliphatic heterocycles. The second kappa shape index (κ2) is 10.9. The van der Waals surface area contributed by atoms with Crippen LogP contribution in [-0.4, -0.2) is 32.8 Å². The van der Waals surface area contributed by atoms with Gasteiger partial charge in [0, 0.05) is 34.7 Å². The molecule has 4 N–H and O–H groups in total. The Kier molecular flexibility index (Phi) is 7.43. The minimum absolute atomic E-state index is 0.110. The average Bonchev–Trinajstić information content (AvgIpc) is 2.87. The Morgan fingerprint density at radius 3 is 2.59 bits per heavy atom. The van der Waals surface area contributed by atoms with E-state index in [9.17, 15) is 14.4 Å². The fourth-order valence-corrected chi connectivity index (χ4v) is 3.96. The fourth-order valence-electron chi connectivity index (χ4n) is 3.96. The lowest BCUT2D eigenvalue weighted by molar-refractivity contribution is -0.124. The highest BCUT2D eigenvalue weighted by atomic mass is 16.2. The Balaban J connectivity index is 1.52. The third kappa shape index (κ3) is 5.90. The number of carbonyl (C=O) groups excluding carboxylic acids is 2. The summed E-state index contributed by atoms with van der Waals surface area (Å²) in [5.74, 6) is -0.459. The Hall–Kier alpha value is -4.79.